The summed E-state index contributed by atoms with van der Waals surface area (Å²) in [7, 11) is -2.43. The number of pyridine rings is 1. The smallest absolute Gasteiger partial charge is 0.439 e. The highest BCUT2D eigenvalue weighted by molar-refractivity contribution is 7.92. The fraction of sp³-hybridized carbons (Fsp3) is 0.296. The van der Waals surface area contributed by atoms with E-state index < -0.39 is 15.8 Å². The Balaban J connectivity index is 1.72. The first kappa shape index (κ1) is 26.9. The summed E-state index contributed by atoms with van der Waals surface area (Å²) in [6, 6.07) is 13.7. The molecule has 1 N–H and O–H groups in total. The summed E-state index contributed by atoms with van der Waals surface area (Å²) in [6.45, 7) is 8.13. The lowest BCUT2D eigenvalue weighted by Gasteiger charge is -2.28. The Morgan fingerprint density at radius 1 is 1.05 bits per heavy atom. The number of aromatic nitrogens is 3. The van der Waals surface area contributed by atoms with Gasteiger partial charge in [0.15, 0.2) is 10.9 Å². The van der Waals surface area contributed by atoms with Crippen molar-refractivity contribution < 1.29 is 22.4 Å². The standard InChI is InChI=1S/C27H30N4O6S/c1-17(2)15-31(38(33,34)25-8-6-7-11-28-25)22-12-18(3)19(4)13-24(22)36-16-21-10-9-20(14-23(21)35-5)26-29-27(32)37-30-26/h6-14,17H,15-16H2,1-5H3,(H,29,30,32). The van der Waals surface area contributed by atoms with Crippen molar-refractivity contribution in [2.45, 2.75) is 39.3 Å². The van der Waals surface area contributed by atoms with E-state index in [0.717, 1.165) is 11.1 Å². The van der Waals surface area contributed by atoms with Gasteiger partial charge in [-0.1, -0.05) is 37.2 Å². The van der Waals surface area contributed by atoms with Crippen LogP contribution < -0.4 is 19.5 Å². The summed E-state index contributed by atoms with van der Waals surface area (Å²) in [6.07, 6.45) is 1.46. The predicted octanol–water partition coefficient (Wildman–Crippen LogP) is 4.48. The molecular formula is C27H30N4O6S. The molecular weight excluding hydrogens is 508 g/mol. The molecule has 11 heteroatoms. The summed E-state index contributed by atoms with van der Waals surface area (Å²) in [5.74, 6) is 0.595. The van der Waals surface area contributed by atoms with E-state index in [1.807, 2.05) is 39.8 Å². The normalized spacial score (nSPS) is 11.5. The highest BCUT2D eigenvalue weighted by Crippen LogP contribution is 2.36. The van der Waals surface area contributed by atoms with E-state index >= 15 is 0 Å². The lowest BCUT2D eigenvalue weighted by Crippen LogP contribution is -2.35. The van der Waals surface area contributed by atoms with Gasteiger partial charge < -0.3 is 9.47 Å². The van der Waals surface area contributed by atoms with E-state index in [4.69, 9.17) is 9.47 Å². The lowest BCUT2D eigenvalue weighted by molar-refractivity contribution is 0.297. The second-order valence-electron chi connectivity index (χ2n) is 9.26. The Bertz CT molecular complexity index is 1580. The molecule has 0 saturated heterocycles. The minimum atomic E-state index is -3.96. The molecule has 2 aromatic carbocycles. The predicted molar refractivity (Wildman–Crippen MR) is 143 cm³/mol. The summed E-state index contributed by atoms with van der Waals surface area (Å²) in [5, 5.41) is 3.67. The zero-order valence-electron chi connectivity index (χ0n) is 21.9. The molecule has 4 rings (SSSR count). The second-order valence-corrected chi connectivity index (χ2v) is 11.1. The van der Waals surface area contributed by atoms with Crippen molar-refractivity contribution in [2.75, 3.05) is 18.0 Å². The fourth-order valence-electron chi connectivity index (χ4n) is 3.88. The molecule has 0 aliphatic rings. The van der Waals surface area contributed by atoms with Gasteiger partial charge in [-0.05, 0) is 61.2 Å². The van der Waals surface area contributed by atoms with Crippen LogP contribution in [0.1, 0.15) is 30.5 Å². The molecule has 4 aromatic rings. The third kappa shape index (κ3) is 5.72. The molecule has 0 fully saturated rings. The van der Waals surface area contributed by atoms with Crippen LogP contribution in [0.15, 0.2) is 69.1 Å². The number of benzene rings is 2. The third-order valence-corrected chi connectivity index (χ3v) is 7.65. The van der Waals surface area contributed by atoms with Crippen molar-refractivity contribution in [1.29, 1.82) is 0 Å². The molecule has 0 amide bonds. The molecule has 0 atom stereocenters. The lowest BCUT2D eigenvalue weighted by atomic mass is 10.1. The average molecular weight is 539 g/mol. The zero-order chi connectivity index (χ0) is 27.4. The SMILES string of the molecule is COc1cc(-c2noc(=O)[nH]2)ccc1COc1cc(C)c(C)cc1N(CC(C)C)S(=O)(=O)c1ccccn1. The quantitative estimate of drug-likeness (QED) is 0.313. The van der Waals surface area contributed by atoms with Gasteiger partial charge in [0, 0.05) is 23.9 Å². The van der Waals surface area contributed by atoms with E-state index in [9.17, 15) is 13.2 Å². The summed E-state index contributed by atoms with van der Waals surface area (Å²) in [4.78, 5) is 17.9. The van der Waals surface area contributed by atoms with Gasteiger partial charge in [-0.2, -0.15) is 8.42 Å². The van der Waals surface area contributed by atoms with Gasteiger partial charge in [-0.3, -0.25) is 13.8 Å². The minimum Gasteiger partial charge on any atom is -0.496 e. The summed E-state index contributed by atoms with van der Waals surface area (Å²) < 4.78 is 45.2. The Kier molecular flexibility index (Phi) is 7.86. The number of sulfonamides is 1. The Morgan fingerprint density at radius 2 is 1.82 bits per heavy atom. The van der Waals surface area contributed by atoms with E-state index in [1.54, 1.807) is 30.3 Å². The number of anilines is 1. The van der Waals surface area contributed by atoms with Crippen LogP contribution >= 0.6 is 0 Å². The van der Waals surface area contributed by atoms with Gasteiger partial charge in [0.25, 0.3) is 10.0 Å². The van der Waals surface area contributed by atoms with Gasteiger partial charge in [0.2, 0.25) is 0 Å². The van der Waals surface area contributed by atoms with E-state index in [-0.39, 0.29) is 29.9 Å². The van der Waals surface area contributed by atoms with Crippen molar-refractivity contribution >= 4 is 15.7 Å². The van der Waals surface area contributed by atoms with Crippen LogP contribution in [-0.2, 0) is 16.6 Å². The Labute approximate surface area is 221 Å². The average Bonchev–Trinajstić information content (AvgIpc) is 3.34. The Morgan fingerprint density at radius 3 is 2.45 bits per heavy atom. The van der Waals surface area contributed by atoms with E-state index in [1.165, 1.54) is 23.7 Å². The number of nitrogens with one attached hydrogen (secondary N) is 1. The van der Waals surface area contributed by atoms with Gasteiger partial charge in [-0.15, -0.1) is 0 Å². The van der Waals surface area contributed by atoms with Crippen molar-refractivity contribution in [2.24, 2.45) is 5.92 Å². The monoisotopic (exact) mass is 538 g/mol. The zero-order valence-corrected chi connectivity index (χ0v) is 22.7. The number of nitrogens with zero attached hydrogens (tertiary/aromatic N) is 3. The van der Waals surface area contributed by atoms with Gasteiger partial charge >= 0.3 is 5.76 Å². The number of aryl methyl sites for hydroxylation is 2. The van der Waals surface area contributed by atoms with Gasteiger partial charge in [0.05, 0.1) is 12.8 Å². The van der Waals surface area contributed by atoms with E-state index in [0.29, 0.717) is 28.3 Å². The minimum absolute atomic E-state index is 0.0343. The molecule has 2 heterocycles. The topological polar surface area (TPSA) is 128 Å². The molecule has 2 aromatic heterocycles. The molecule has 0 unspecified atom stereocenters. The van der Waals surface area contributed by atoms with Crippen LogP contribution in [0.5, 0.6) is 11.5 Å². The van der Waals surface area contributed by atoms with Crippen molar-refractivity contribution in [3.05, 3.63) is 82.0 Å². The van der Waals surface area contributed by atoms with Crippen LogP contribution in [0.2, 0.25) is 0 Å². The van der Waals surface area contributed by atoms with Gasteiger partial charge in [-0.25, -0.2) is 9.78 Å². The first-order chi connectivity index (χ1) is 18.1. The molecule has 200 valence electrons. The molecule has 0 saturated carbocycles. The molecule has 0 radical (unpaired) electrons. The number of methoxy groups -OCH3 is 1. The van der Waals surface area contributed by atoms with Crippen LogP contribution in [-0.4, -0.2) is 37.2 Å². The molecule has 0 aliphatic carbocycles. The van der Waals surface area contributed by atoms with Crippen LogP contribution in [0, 0.1) is 19.8 Å². The maximum atomic E-state index is 13.7. The molecule has 10 nitrogen and oxygen atoms in total. The Hall–Kier alpha value is -4.12. The maximum absolute atomic E-state index is 13.7. The van der Waals surface area contributed by atoms with Crippen molar-refractivity contribution in [1.82, 2.24) is 15.1 Å². The van der Waals surface area contributed by atoms with Crippen molar-refractivity contribution in [3.63, 3.8) is 0 Å². The van der Waals surface area contributed by atoms with Crippen LogP contribution in [0.3, 0.4) is 0 Å². The molecule has 0 bridgehead atoms. The highest BCUT2D eigenvalue weighted by atomic mass is 32.2. The number of rotatable bonds is 10. The number of hydrogen-bond donors (Lipinski definition) is 1. The maximum Gasteiger partial charge on any atom is 0.439 e. The van der Waals surface area contributed by atoms with E-state index in [2.05, 4.69) is 19.6 Å². The van der Waals surface area contributed by atoms with Crippen LogP contribution in [0.25, 0.3) is 11.4 Å². The van der Waals surface area contributed by atoms with Gasteiger partial charge in [0.1, 0.15) is 18.1 Å². The number of H-pyrrole nitrogens is 1. The number of aromatic amines is 1. The number of hydrogen-bond acceptors (Lipinski definition) is 8. The molecule has 0 aliphatic heterocycles. The largest absolute Gasteiger partial charge is 0.496 e. The molecule has 0 spiro atoms. The number of ether oxygens (including phenoxy) is 2. The first-order valence-electron chi connectivity index (χ1n) is 12.0. The highest BCUT2D eigenvalue weighted by Gasteiger charge is 2.29. The van der Waals surface area contributed by atoms with Crippen molar-refractivity contribution in [3.8, 4) is 22.9 Å². The third-order valence-electron chi connectivity index (χ3n) is 5.95. The first-order valence-corrected chi connectivity index (χ1v) is 13.4. The summed E-state index contributed by atoms with van der Waals surface area (Å²) >= 11 is 0. The second kappa shape index (κ2) is 11.1. The molecule has 38 heavy (non-hydrogen) atoms. The van der Waals surface area contributed by atoms with Crippen LogP contribution in [0.4, 0.5) is 5.69 Å². The summed E-state index contributed by atoms with van der Waals surface area (Å²) in [5.41, 5.74) is 3.65. The fourth-order valence-corrected chi connectivity index (χ4v) is 5.44.